The first-order valence-corrected chi connectivity index (χ1v) is 8.24. The first-order valence-electron chi connectivity index (χ1n) is 8.24. The fourth-order valence-corrected chi connectivity index (χ4v) is 2.60. The van der Waals surface area contributed by atoms with Crippen molar-refractivity contribution in [3.05, 3.63) is 89.7 Å². The molecule has 5 heteroatoms. The monoisotopic (exact) mass is 342 g/mol. The topological polar surface area (TPSA) is 77.8 Å². The van der Waals surface area contributed by atoms with Gasteiger partial charge in [0.05, 0.1) is 22.5 Å². The van der Waals surface area contributed by atoms with Crippen molar-refractivity contribution in [2.24, 2.45) is 0 Å². The molecule has 1 amide bonds. The molecule has 1 heterocycles. The summed E-state index contributed by atoms with van der Waals surface area (Å²) in [5, 5.41) is 15.2. The minimum atomic E-state index is -0.309. The first-order chi connectivity index (χ1) is 12.7. The fourth-order valence-electron chi connectivity index (χ4n) is 2.60. The molecule has 0 fully saturated rings. The predicted octanol–water partition coefficient (Wildman–Crippen LogP) is 4.38. The summed E-state index contributed by atoms with van der Waals surface area (Å²) >= 11 is 0. The minimum Gasteiger partial charge on any atom is -0.377 e. The van der Waals surface area contributed by atoms with E-state index in [0.717, 1.165) is 11.3 Å². The summed E-state index contributed by atoms with van der Waals surface area (Å²) in [4.78, 5) is 16.7. The number of nitriles is 1. The van der Waals surface area contributed by atoms with Gasteiger partial charge in [0.15, 0.2) is 0 Å². The lowest BCUT2D eigenvalue weighted by molar-refractivity contribution is 0.102. The molecule has 2 aromatic carbocycles. The normalized spacial score (nSPS) is 11.2. The highest BCUT2D eigenvalue weighted by Gasteiger charge is 2.11. The largest absolute Gasteiger partial charge is 0.377 e. The van der Waals surface area contributed by atoms with Gasteiger partial charge in [0.25, 0.3) is 5.91 Å². The van der Waals surface area contributed by atoms with Crippen LogP contribution in [-0.2, 0) is 0 Å². The van der Waals surface area contributed by atoms with Crippen LogP contribution in [-0.4, -0.2) is 10.9 Å². The third kappa shape index (κ3) is 4.05. The van der Waals surface area contributed by atoms with Crippen molar-refractivity contribution in [1.29, 1.82) is 5.26 Å². The molecule has 1 aromatic heterocycles. The summed E-state index contributed by atoms with van der Waals surface area (Å²) in [6, 6.07) is 20.8. The zero-order valence-electron chi connectivity index (χ0n) is 14.3. The Balaban J connectivity index is 1.74. The van der Waals surface area contributed by atoms with Gasteiger partial charge in [-0.2, -0.15) is 5.26 Å². The molecule has 0 saturated heterocycles. The lowest BCUT2D eigenvalue weighted by Gasteiger charge is -2.16. The van der Waals surface area contributed by atoms with Crippen LogP contribution in [0.25, 0.3) is 0 Å². The van der Waals surface area contributed by atoms with Gasteiger partial charge >= 0.3 is 0 Å². The van der Waals surface area contributed by atoms with Crippen LogP contribution in [0.2, 0.25) is 0 Å². The third-order valence-corrected chi connectivity index (χ3v) is 3.98. The molecule has 3 aromatic rings. The van der Waals surface area contributed by atoms with Crippen LogP contribution in [0.15, 0.2) is 73.1 Å². The number of amides is 1. The maximum Gasteiger partial charge on any atom is 0.257 e. The molecule has 0 radical (unpaired) electrons. The van der Waals surface area contributed by atoms with Crippen molar-refractivity contribution >= 4 is 17.3 Å². The van der Waals surface area contributed by atoms with Crippen molar-refractivity contribution in [3.63, 3.8) is 0 Å². The zero-order valence-corrected chi connectivity index (χ0v) is 14.3. The number of carbonyl (C=O) groups excluding carboxylic acids is 1. The fraction of sp³-hybridized carbons (Fsp3) is 0.0952. The Hall–Kier alpha value is -3.65. The number of hydrogen-bond donors (Lipinski definition) is 2. The second-order valence-electron chi connectivity index (χ2n) is 5.85. The van der Waals surface area contributed by atoms with Crippen LogP contribution in [0.5, 0.6) is 0 Å². The van der Waals surface area contributed by atoms with E-state index in [1.165, 1.54) is 6.20 Å². The van der Waals surface area contributed by atoms with Crippen molar-refractivity contribution in [2.45, 2.75) is 13.0 Å². The van der Waals surface area contributed by atoms with E-state index in [-0.39, 0.29) is 11.9 Å². The minimum absolute atomic E-state index is 0.0793. The van der Waals surface area contributed by atoms with Gasteiger partial charge in [-0.05, 0) is 30.7 Å². The smallest absolute Gasteiger partial charge is 0.257 e. The molecule has 0 bridgehead atoms. The van der Waals surface area contributed by atoms with E-state index in [4.69, 9.17) is 5.26 Å². The van der Waals surface area contributed by atoms with Crippen LogP contribution in [0.4, 0.5) is 11.4 Å². The Morgan fingerprint density at radius 3 is 2.58 bits per heavy atom. The van der Waals surface area contributed by atoms with Gasteiger partial charge in [-0.1, -0.05) is 42.5 Å². The van der Waals surface area contributed by atoms with E-state index in [0.29, 0.717) is 16.8 Å². The summed E-state index contributed by atoms with van der Waals surface area (Å²) in [6.07, 6.45) is 3.18. The van der Waals surface area contributed by atoms with Gasteiger partial charge in [-0.25, -0.2) is 0 Å². The average molecular weight is 342 g/mol. The number of nitrogens with one attached hydrogen (secondary N) is 2. The van der Waals surface area contributed by atoms with Gasteiger partial charge in [0.2, 0.25) is 0 Å². The first kappa shape index (κ1) is 17.2. The number of anilines is 2. The summed E-state index contributed by atoms with van der Waals surface area (Å²) < 4.78 is 0. The van der Waals surface area contributed by atoms with Gasteiger partial charge in [-0.3, -0.25) is 9.78 Å². The van der Waals surface area contributed by atoms with Crippen LogP contribution in [0, 0.1) is 11.3 Å². The second-order valence-corrected chi connectivity index (χ2v) is 5.85. The Bertz CT molecular complexity index is 947. The van der Waals surface area contributed by atoms with Crippen LogP contribution in [0.3, 0.4) is 0 Å². The molecular weight excluding hydrogens is 324 g/mol. The molecule has 128 valence electrons. The predicted molar refractivity (Wildman–Crippen MR) is 102 cm³/mol. The lowest BCUT2D eigenvalue weighted by atomic mass is 10.1. The number of pyridine rings is 1. The maximum absolute atomic E-state index is 12.5. The van der Waals surface area contributed by atoms with Gasteiger partial charge < -0.3 is 10.6 Å². The lowest BCUT2D eigenvalue weighted by Crippen LogP contribution is -2.14. The van der Waals surface area contributed by atoms with Crippen molar-refractivity contribution in [1.82, 2.24) is 4.98 Å². The highest BCUT2D eigenvalue weighted by Crippen LogP contribution is 2.20. The van der Waals surface area contributed by atoms with E-state index in [9.17, 15) is 4.79 Å². The number of nitrogens with zero attached hydrogens (tertiary/aromatic N) is 2. The molecule has 1 atom stereocenters. The zero-order chi connectivity index (χ0) is 18.4. The molecule has 2 N–H and O–H groups in total. The molecule has 3 rings (SSSR count). The van der Waals surface area contributed by atoms with E-state index < -0.39 is 0 Å². The summed E-state index contributed by atoms with van der Waals surface area (Å²) in [5.41, 5.74) is 3.22. The van der Waals surface area contributed by atoms with Crippen molar-refractivity contribution < 1.29 is 4.79 Å². The van der Waals surface area contributed by atoms with Crippen LogP contribution in [0.1, 0.15) is 34.5 Å². The van der Waals surface area contributed by atoms with E-state index in [1.807, 2.05) is 37.3 Å². The summed E-state index contributed by atoms with van der Waals surface area (Å²) in [6.45, 7) is 2.05. The molecule has 5 nitrogen and oxygen atoms in total. The highest BCUT2D eigenvalue weighted by atomic mass is 16.1. The summed E-state index contributed by atoms with van der Waals surface area (Å²) in [7, 11) is 0. The SMILES string of the molecule is CC(Nc1cncc(C(=O)Nc2ccccc2C#N)c1)c1ccccc1. The second kappa shape index (κ2) is 7.95. The molecule has 26 heavy (non-hydrogen) atoms. The molecular formula is C21H18N4O. The summed E-state index contributed by atoms with van der Waals surface area (Å²) in [5.74, 6) is -0.309. The quantitative estimate of drug-likeness (QED) is 0.721. The Morgan fingerprint density at radius 1 is 1.08 bits per heavy atom. The number of carbonyl (C=O) groups is 1. The molecule has 0 aliphatic heterocycles. The van der Waals surface area contributed by atoms with Gasteiger partial charge in [0.1, 0.15) is 6.07 Å². The molecule has 0 aliphatic carbocycles. The third-order valence-electron chi connectivity index (χ3n) is 3.98. The van der Waals surface area contributed by atoms with Crippen molar-refractivity contribution in [2.75, 3.05) is 10.6 Å². The highest BCUT2D eigenvalue weighted by molar-refractivity contribution is 6.05. The Morgan fingerprint density at radius 2 is 1.81 bits per heavy atom. The van der Waals surface area contributed by atoms with Gasteiger partial charge in [0, 0.05) is 18.4 Å². The number of rotatable bonds is 5. The standard InChI is InChI=1S/C21H18N4O/c1-15(16-7-3-2-4-8-16)24-19-11-18(13-23-14-19)21(26)25-20-10-6-5-9-17(20)12-22/h2-11,13-15,24H,1H3,(H,25,26). The molecule has 0 aliphatic rings. The molecule has 0 saturated carbocycles. The number of benzene rings is 2. The maximum atomic E-state index is 12.5. The van der Waals surface area contributed by atoms with E-state index >= 15 is 0 Å². The van der Waals surface area contributed by atoms with Crippen LogP contribution < -0.4 is 10.6 Å². The Kier molecular flexibility index (Phi) is 5.25. The Labute approximate surface area is 152 Å². The molecule has 0 spiro atoms. The van der Waals surface area contributed by atoms with Crippen LogP contribution >= 0.6 is 0 Å². The average Bonchev–Trinajstić information content (AvgIpc) is 2.69. The van der Waals surface area contributed by atoms with Gasteiger partial charge in [-0.15, -0.1) is 0 Å². The molecule has 1 unspecified atom stereocenters. The van der Waals surface area contributed by atoms with E-state index in [1.54, 1.807) is 36.5 Å². The number of para-hydroxylation sites is 1. The van der Waals surface area contributed by atoms with Crippen molar-refractivity contribution in [3.8, 4) is 6.07 Å². The number of aromatic nitrogens is 1. The number of hydrogen-bond acceptors (Lipinski definition) is 4. The van der Waals surface area contributed by atoms with E-state index in [2.05, 4.69) is 21.7 Å².